The highest BCUT2D eigenvalue weighted by molar-refractivity contribution is 6.31. The SMILES string of the molecule is CC(OC(=O)c1cccc2cccc(-c3nc4ccccc4o3)c12)C(=O)Nc1ccc(F)c(Cl)c1. The number of carbonyl (C=O) groups excluding carboxylic acids is 2. The van der Waals surface area contributed by atoms with Gasteiger partial charge in [-0.2, -0.15) is 0 Å². The first-order valence-electron chi connectivity index (χ1n) is 10.8. The van der Waals surface area contributed by atoms with E-state index in [9.17, 15) is 14.0 Å². The van der Waals surface area contributed by atoms with Crippen molar-refractivity contribution in [3.63, 3.8) is 0 Å². The largest absolute Gasteiger partial charge is 0.449 e. The minimum absolute atomic E-state index is 0.130. The Hall–Kier alpha value is -4.23. The van der Waals surface area contributed by atoms with Gasteiger partial charge in [0.15, 0.2) is 11.7 Å². The number of amides is 1. The van der Waals surface area contributed by atoms with Crippen LogP contribution in [0.3, 0.4) is 0 Å². The summed E-state index contributed by atoms with van der Waals surface area (Å²) in [6, 6.07) is 21.9. The van der Waals surface area contributed by atoms with Crippen molar-refractivity contribution in [2.24, 2.45) is 0 Å². The van der Waals surface area contributed by atoms with Crippen LogP contribution in [0.15, 0.2) is 83.3 Å². The molecule has 35 heavy (non-hydrogen) atoms. The second-order valence-corrected chi connectivity index (χ2v) is 8.27. The normalized spacial score (nSPS) is 12.0. The lowest BCUT2D eigenvalue weighted by Crippen LogP contribution is -2.30. The molecule has 0 aliphatic carbocycles. The highest BCUT2D eigenvalue weighted by Gasteiger charge is 2.23. The molecule has 6 nitrogen and oxygen atoms in total. The number of fused-ring (bicyclic) bond motifs is 2. The maximum Gasteiger partial charge on any atom is 0.339 e. The third-order valence-corrected chi connectivity index (χ3v) is 5.78. The molecule has 1 atom stereocenters. The number of halogens is 2. The zero-order valence-corrected chi connectivity index (χ0v) is 19.2. The van der Waals surface area contributed by atoms with Gasteiger partial charge in [-0.3, -0.25) is 4.79 Å². The summed E-state index contributed by atoms with van der Waals surface area (Å²) < 4.78 is 24.8. The summed E-state index contributed by atoms with van der Waals surface area (Å²) in [6.07, 6.45) is -1.13. The summed E-state index contributed by atoms with van der Waals surface area (Å²) in [5.74, 6) is -1.50. The molecule has 1 amide bonds. The number of hydrogen-bond donors (Lipinski definition) is 1. The predicted octanol–water partition coefficient (Wildman–Crippen LogP) is 6.62. The van der Waals surface area contributed by atoms with Crippen LogP contribution < -0.4 is 5.32 Å². The molecule has 0 fully saturated rings. The van der Waals surface area contributed by atoms with Crippen molar-refractivity contribution in [3.05, 3.63) is 95.3 Å². The molecule has 0 spiro atoms. The summed E-state index contributed by atoms with van der Waals surface area (Å²) in [7, 11) is 0. The molecule has 1 unspecified atom stereocenters. The van der Waals surface area contributed by atoms with Crippen LogP contribution in [0.2, 0.25) is 5.02 Å². The Kier molecular flexibility index (Phi) is 5.93. The fraction of sp³-hybridized carbons (Fsp3) is 0.0741. The van der Waals surface area contributed by atoms with E-state index in [4.69, 9.17) is 20.8 Å². The van der Waals surface area contributed by atoms with E-state index in [-0.39, 0.29) is 16.3 Å². The first-order chi connectivity index (χ1) is 16.9. The molecule has 0 saturated heterocycles. The van der Waals surface area contributed by atoms with Crippen molar-refractivity contribution in [1.82, 2.24) is 4.98 Å². The molecule has 0 radical (unpaired) electrons. The van der Waals surface area contributed by atoms with E-state index < -0.39 is 23.8 Å². The highest BCUT2D eigenvalue weighted by Crippen LogP contribution is 2.33. The number of hydrogen-bond acceptors (Lipinski definition) is 5. The number of nitrogens with one attached hydrogen (secondary N) is 1. The van der Waals surface area contributed by atoms with Crippen LogP contribution in [-0.2, 0) is 9.53 Å². The van der Waals surface area contributed by atoms with Crippen molar-refractivity contribution in [3.8, 4) is 11.5 Å². The van der Waals surface area contributed by atoms with Crippen LogP contribution >= 0.6 is 11.6 Å². The first-order valence-corrected chi connectivity index (χ1v) is 11.1. The van der Waals surface area contributed by atoms with Gasteiger partial charge in [-0.25, -0.2) is 14.2 Å². The van der Waals surface area contributed by atoms with Crippen LogP contribution in [0.1, 0.15) is 17.3 Å². The Morgan fingerprint density at radius 2 is 1.80 bits per heavy atom. The number of ether oxygens (including phenoxy) is 1. The molecule has 8 heteroatoms. The number of para-hydroxylation sites is 2. The maximum atomic E-state index is 13.4. The summed E-state index contributed by atoms with van der Waals surface area (Å²) in [6.45, 7) is 1.45. The van der Waals surface area contributed by atoms with E-state index in [0.29, 0.717) is 27.9 Å². The lowest BCUT2D eigenvalue weighted by molar-refractivity contribution is -0.123. The molecule has 0 aliphatic rings. The summed E-state index contributed by atoms with van der Waals surface area (Å²) in [5, 5.41) is 3.82. The van der Waals surface area contributed by atoms with E-state index in [2.05, 4.69) is 10.3 Å². The average molecular weight is 489 g/mol. The van der Waals surface area contributed by atoms with Crippen LogP contribution in [0, 0.1) is 5.82 Å². The Morgan fingerprint density at radius 1 is 1.03 bits per heavy atom. The van der Waals surface area contributed by atoms with Gasteiger partial charge in [-0.05, 0) is 54.8 Å². The second-order valence-electron chi connectivity index (χ2n) is 7.86. The zero-order valence-electron chi connectivity index (χ0n) is 18.4. The van der Waals surface area contributed by atoms with Crippen molar-refractivity contribution >= 4 is 51.0 Å². The second kappa shape index (κ2) is 9.19. The number of oxazole rings is 1. The van der Waals surface area contributed by atoms with E-state index >= 15 is 0 Å². The first kappa shape index (κ1) is 22.6. The van der Waals surface area contributed by atoms with Gasteiger partial charge < -0.3 is 14.5 Å². The Balaban J connectivity index is 1.44. The fourth-order valence-corrected chi connectivity index (χ4v) is 3.95. The molecule has 5 aromatic rings. The third kappa shape index (κ3) is 4.46. The van der Waals surface area contributed by atoms with Crippen molar-refractivity contribution in [2.45, 2.75) is 13.0 Å². The van der Waals surface area contributed by atoms with Gasteiger partial charge in [0.2, 0.25) is 5.89 Å². The Morgan fingerprint density at radius 3 is 2.57 bits per heavy atom. The fourth-order valence-electron chi connectivity index (χ4n) is 3.77. The molecule has 0 saturated carbocycles. The number of carbonyl (C=O) groups is 2. The van der Waals surface area contributed by atoms with Crippen LogP contribution in [-0.4, -0.2) is 23.0 Å². The summed E-state index contributed by atoms with van der Waals surface area (Å²) in [4.78, 5) is 30.3. The lowest BCUT2D eigenvalue weighted by Gasteiger charge is -2.15. The van der Waals surface area contributed by atoms with Gasteiger partial charge in [0.1, 0.15) is 11.3 Å². The van der Waals surface area contributed by atoms with Gasteiger partial charge in [0.25, 0.3) is 5.91 Å². The molecule has 4 aromatic carbocycles. The predicted molar refractivity (Wildman–Crippen MR) is 132 cm³/mol. The number of nitrogens with zero attached hydrogens (tertiary/aromatic N) is 1. The maximum absolute atomic E-state index is 13.4. The van der Waals surface area contributed by atoms with Crippen LogP contribution in [0.25, 0.3) is 33.3 Å². The third-order valence-electron chi connectivity index (χ3n) is 5.49. The summed E-state index contributed by atoms with van der Waals surface area (Å²) in [5.41, 5.74) is 2.51. The van der Waals surface area contributed by atoms with Crippen molar-refractivity contribution in [2.75, 3.05) is 5.32 Å². The van der Waals surface area contributed by atoms with Gasteiger partial charge >= 0.3 is 5.97 Å². The minimum Gasteiger partial charge on any atom is -0.449 e. The Bertz CT molecular complexity index is 1560. The van der Waals surface area contributed by atoms with Crippen molar-refractivity contribution < 1.29 is 23.1 Å². The molecule has 0 bridgehead atoms. The zero-order chi connectivity index (χ0) is 24.5. The van der Waals surface area contributed by atoms with E-state index in [1.54, 1.807) is 12.1 Å². The van der Waals surface area contributed by atoms with E-state index in [1.807, 2.05) is 48.5 Å². The average Bonchev–Trinajstić information content (AvgIpc) is 3.29. The smallest absolute Gasteiger partial charge is 0.339 e. The number of benzene rings is 4. The molecule has 1 heterocycles. The highest BCUT2D eigenvalue weighted by atomic mass is 35.5. The molecular weight excluding hydrogens is 471 g/mol. The lowest BCUT2D eigenvalue weighted by atomic mass is 9.99. The molecule has 0 aliphatic heterocycles. The number of anilines is 1. The van der Waals surface area contributed by atoms with Crippen molar-refractivity contribution in [1.29, 1.82) is 0 Å². The van der Waals surface area contributed by atoms with Gasteiger partial charge in [0.05, 0.1) is 10.6 Å². The molecule has 5 rings (SSSR count). The molecule has 1 N–H and O–H groups in total. The van der Waals surface area contributed by atoms with E-state index in [0.717, 1.165) is 11.5 Å². The molecule has 1 aromatic heterocycles. The number of rotatable bonds is 5. The van der Waals surface area contributed by atoms with E-state index in [1.165, 1.54) is 19.1 Å². The molecule has 174 valence electrons. The summed E-state index contributed by atoms with van der Waals surface area (Å²) >= 11 is 5.76. The Labute approximate surface area is 204 Å². The monoisotopic (exact) mass is 488 g/mol. The van der Waals surface area contributed by atoms with Crippen LogP contribution in [0.5, 0.6) is 0 Å². The van der Waals surface area contributed by atoms with Gasteiger partial charge in [0, 0.05) is 16.6 Å². The number of aromatic nitrogens is 1. The minimum atomic E-state index is -1.13. The van der Waals surface area contributed by atoms with Gasteiger partial charge in [-0.1, -0.05) is 48.0 Å². The number of esters is 1. The molecular formula is C27H18ClFN2O4. The quantitative estimate of drug-likeness (QED) is 0.281. The topological polar surface area (TPSA) is 81.4 Å². The van der Waals surface area contributed by atoms with Gasteiger partial charge in [-0.15, -0.1) is 0 Å². The van der Waals surface area contributed by atoms with Crippen LogP contribution in [0.4, 0.5) is 10.1 Å². The standard InChI is InChI=1S/C27H18ClFN2O4/c1-15(25(32)30-17-12-13-21(29)20(28)14-17)34-27(33)19-9-5-7-16-6-4-8-18(24(16)19)26-31-22-10-2-3-11-23(22)35-26/h2-15H,1H3,(H,30,32).